The number of amides is 2. The molecule has 0 bridgehead atoms. The summed E-state index contributed by atoms with van der Waals surface area (Å²) >= 11 is 3.67. The second kappa shape index (κ2) is 7.72. The summed E-state index contributed by atoms with van der Waals surface area (Å²) in [6.07, 6.45) is 3.32. The highest BCUT2D eigenvalue weighted by molar-refractivity contribution is 14.1. The van der Waals surface area contributed by atoms with E-state index in [1.165, 1.54) is 11.3 Å². The number of thiophene rings is 1. The molecule has 1 aliphatic rings. The van der Waals surface area contributed by atoms with Crippen LogP contribution in [0.15, 0.2) is 64.3 Å². The molecule has 3 heterocycles. The van der Waals surface area contributed by atoms with Gasteiger partial charge in [0.15, 0.2) is 0 Å². The van der Waals surface area contributed by atoms with Crippen molar-refractivity contribution < 1.29 is 9.59 Å². The zero-order valence-corrected chi connectivity index (χ0v) is 17.4. The average molecular weight is 503 g/mol. The Hall–Kier alpha value is -2.72. The molecule has 0 aliphatic carbocycles. The monoisotopic (exact) mass is 503 g/mol. The van der Waals surface area contributed by atoms with Crippen LogP contribution in [0.2, 0.25) is 0 Å². The molecule has 3 aromatic rings. The number of halogens is 1. The molecular formula is C20H14IN3O3S. The lowest BCUT2D eigenvalue weighted by atomic mass is 9.96. The Bertz CT molecular complexity index is 1170. The van der Waals surface area contributed by atoms with E-state index in [0.29, 0.717) is 23.2 Å². The van der Waals surface area contributed by atoms with Crippen molar-refractivity contribution in [1.29, 1.82) is 0 Å². The average Bonchev–Trinajstić information content (AvgIpc) is 3.18. The predicted octanol–water partition coefficient (Wildman–Crippen LogP) is 2.90. The zero-order valence-electron chi connectivity index (χ0n) is 14.4. The van der Waals surface area contributed by atoms with E-state index >= 15 is 0 Å². The minimum atomic E-state index is -0.445. The highest BCUT2D eigenvalue weighted by Gasteiger charge is 2.27. The Morgan fingerprint density at radius 2 is 1.93 bits per heavy atom. The van der Waals surface area contributed by atoms with E-state index in [-0.39, 0.29) is 5.56 Å². The maximum Gasteiger partial charge on any atom is 0.260 e. The van der Waals surface area contributed by atoms with E-state index in [1.54, 1.807) is 29.1 Å². The fourth-order valence-electron chi connectivity index (χ4n) is 2.95. The van der Waals surface area contributed by atoms with Crippen molar-refractivity contribution in [3.8, 4) is 5.69 Å². The first-order chi connectivity index (χ1) is 13.5. The molecule has 0 saturated heterocycles. The second-order valence-electron chi connectivity index (χ2n) is 6.14. The summed E-state index contributed by atoms with van der Waals surface area (Å²) in [5, 5.41) is 9.25. The number of aromatic nitrogens is 1. The van der Waals surface area contributed by atoms with Crippen molar-refractivity contribution in [2.45, 2.75) is 6.54 Å². The smallest absolute Gasteiger partial charge is 0.260 e. The standard InChI is InChI=1S/C20H14IN3O3S/c21-13-1-2-15-16(8-13)17(20(27)23-19(15)26)10-22-9-12-3-5-24(18(25)7-12)14-4-6-28-11-14/h1-8,10-11,22H,9H2,(H,23,26,27)/b17-10-. The minimum absolute atomic E-state index is 0.119. The zero-order chi connectivity index (χ0) is 19.7. The summed E-state index contributed by atoms with van der Waals surface area (Å²) in [4.78, 5) is 36.6. The molecule has 1 aliphatic heterocycles. The topological polar surface area (TPSA) is 80.2 Å². The largest absolute Gasteiger partial charge is 0.386 e. The number of nitrogens with one attached hydrogen (secondary N) is 2. The molecule has 2 N–H and O–H groups in total. The third-order valence-corrected chi connectivity index (χ3v) is 5.65. The van der Waals surface area contributed by atoms with Crippen LogP contribution >= 0.6 is 33.9 Å². The lowest BCUT2D eigenvalue weighted by molar-refractivity contribution is -0.114. The highest BCUT2D eigenvalue weighted by atomic mass is 127. The Balaban J connectivity index is 1.55. The van der Waals surface area contributed by atoms with Gasteiger partial charge in [-0.3, -0.25) is 24.3 Å². The molecule has 0 spiro atoms. The van der Waals surface area contributed by atoms with Crippen LogP contribution in [0.4, 0.5) is 0 Å². The number of pyridine rings is 1. The minimum Gasteiger partial charge on any atom is -0.386 e. The van der Waals surface area contributed by atoms with Crippen LogP contribution in [0.25, 0.3) is 11.3 Å². The Labute approximate surface area is 178 Å². The number of nitrogens with zero attached hydrogens (tertiary/aromatic N) is 1. The third-order valence-electron chi connectivity index (χ3n) is 4.31. The number of hydrogen-bond acceptors (Lipinski definition) is 5. The molecule has 4 rings (SSSR count). The molecular weight excluding hydrogens is 489 g/mol. The van der Waals surface area contributed by atoms with Gasteiger partial charge in [0.1, 0.15) is 0 Å². The molecule has 2 amide bonds. The number of imide groups is 1. The number of rotatable bonds is 4. The van der Waals surface area contributed by atoms with Gasteiger partial charge in [0.05, 0.1) is 11.3 Å². The molecule has 0 saturated carbocycles. The van der Waals surface area contributed by atoms with Crippen molar-refractivity contribution in [3.63, 3.8) is 0 Å². The summed E-state index contributed by atoms with van der Waals surface area (Å²) < 4.78 is 2.51. The second-order valence-corrected chi connectivity index (χ2v) is 8.16. The number of hydrogen-bond donors (Lipinski definition) is 2. The number of carbonyl (C=O) groups is 2. The highest BCUT2D eigenvalue weighted by Crippen LogP contribution is 2.25. The summed E-state index contributed by atoms with van der Waals surface area (Å²) in [7, 11) is 0. The van der Waals surface area contributed by atoms with Crippen LogP contribution in [0.1, 0.15) is 21.5 Å². The SMILES string of the molecule is O=C1NC(=O)c2ccc(I)cc2/C1=C/NCc1ccn(-c2ccsc2)c(=O)c1. The molecule has 8 heteroatoms. The van der Waals surface area contributed by atoms with Crippen molar-refractivity contribution in [2.24, 2.45) is 0 Å². The van der Waals surface area contributed by atoms with E-state index in [2.05, 4.69) is 33.2 Å². The predicted molar refractivity (Wildman–Crippen MR) is 116 cm³/mol. The molecule has 2 aromatic heterocycles. The number of benzene rings is 1. The van der Waals surface area contributed by atoms with Crippen molar-refractivity contribution >= 4 is 51.3 Å². The Kier molecular flexibility index (Phi) is 5.14. The van der Waals surface area contributed by atoms with Crippen LogP contribution in [0, 0.1) is 3.57 Å². The summed E-state index contributed by atoms with van der Waals surface area (Å²) in [6.45, 7) is 0.379. The van der Waals surface area contributed by atoms with E-state index < -0.39 is 11.8 Å². The molecule has 28 heavy (non-hydrogen) atoms. The van der Waals surface area contributed by atoms with E-state index in [9.17, 15) is 14.4 Å². The Morgan fingerprint density at radius 1 is 1.07 bits per heavy atom. The molecule has 1 aromatic carbocycles. The summed E-state index contributed by atoms with van der Waals surface area (Å²) in [6, 6.07) is 10.6. The normalized spacial score (nSPS) is 14.7. The quantitative estimate of drug-likeness (QED) is 0.326. The van der Waals surface area contributed by atoms with E-state index in [4.69, 9.17) is 0 Å². The van der Waals surface area contributed by atoms with Gasteiger partial charge < -0.3 is 5.32 Å². The van der Waals surface area contributed by atoms with Crippen LogP contribution in [-0.4, -0.2) is 16.4 Å². The molecule has 0 atom stereocenters. The van der Waals surface area contributed by atoms with Crippen LogP contribution in [0.5, 0.6) is 0 Å². The first-order valence-electron chi connectivity index (χ1n) is 8.36. The van der Waals surface area contributed by atoms with Crippen molar-refractivity contribution in [2.75, 3.05) is 0 Å². The number of carbonyl (C=O) groups excluding carboxylic acids is 2. The molecule has 0 fully saturated rings. The Morgan fingerprint density at radius 3 is 2.68 bits per heavy atom. The lowest BCUT2D eigenvalue weighted by Gasteiger charge is -2.18. The van der Waals surface area contributed by atoms with Crippen molar-refractivity contribution in [3.05, 3.63) is 90.2 Å². The van der Waals surface area contributed by atoms with Gasteiger partial charge >= 0.3 is 0 Å². The van der Waals surface area contributed by atoms with E-state index in [0.717, 1.165) is 14.8 Å². The number of fused-ring (bicyclic) bond motifs is 1. The van der Waals surface area contributed by atoms with Crippen LogP contribution in [-0.2, 0) is 11.3 Å². The first-order valence-corrected chi connectivity index (χ1v) is 10.4. The summed E-state index contributed by atoms with van der Waals surface area (Å²) in [5.74, 6) is -0.842. The van der Waals surface area contributed by atoms with Gasteiger partial charge in [-0.15, -0.1) is 0 Å². The fraction of sp³-hybridized carbons (Fsp3) is 0.0500. The maximum atomic E-state index is 12.3. The molecule has 6 nitrogen and oxygen atoms in total. The third kappa shape index (κ3) is 3.65. The van der Waals surface area contributed by atoms with Gasteiger partial charge in [0.25, 0.3) is 17.4 Å². The lowest BCUT2D eigenvalue weighted by Crippen LogP contribution is -2.37. The van der Waals surface area contributed by atoms with Crippen LogP contribution in [0.3, 0.4) is 0 Å². The van der Waals surface area contributed by atoms with E-state index in [1.807, 2.05) is 35.0 Å². The van der Waals surface area contributed by atoms with Gasteiger partial charge in [-0.2, -0.15) is 11.3 Å². The fourth-order valence-corrected chi connectivity index (χ4v) is 4.07. The van der Waals surface area contributed by atoms with Crippen LogP contribution < -0.4 is 16.2 Å². The maximum absolute atomic E-state index is 12.3. The van der Waals surface area contributed by atoms with Gasteiger partial charge in [-0.25, -0.2) is 0 Å². The van der Waals surface area contributed by atoms with Gasteiger partial charge in [0, 0.05) is 45.1 Å². The molecule has 0 radical (unpaired) electrons. The first kappa shape index (κ1) is 18.6. The van der Waals surface area contributed by atoms with Gasteiger partial charge in [-0.05, 0) is 63.9 Å². The molecule has 140 valence electrons. The van der Waals surface area contributed by atoms with Gasteiger partial charge in [-0.1, -0.05) is 0 Å². The van der Waals surface area contributed by atoms with Gasteiger partial charge in [0.2, 0.25) is 0 Å². The summed E-state index contributed by atoms with van der Waals surface area (Å²) in [5.41, 5.74) is 2.97. The van der Waals surface area contributed by atoms with Crippen molar-refractivity contribution in [1.82, 2.24) is 15.2 Å². The molecule has 0 unspecified atom stereocenters.